The zero-order valence-corrected chi connectivity index (χ0v) is 13.9. The van der Waals surface area contributed by atoms with Gasteiger partial charge in [-0.3, -0.25) is 4.79 Å². The molecule has 1 unspecified atom stereocenters. The quantitative estimate of drug-likeness (QED) is 0.814. The number of ether oxygens (including phenoxy) is 1. The Morgan fingerprint density at radius 1 is 1.41 bits per heavy atom. The number of nitrogens with one attached hydrogen (secondary N) is 1. The molecule has 0 aromatic heterocycles. The highest BCUT2D eigenvalue weighted by Gasteiger charge is 2.31. The van der Waals surface area contributed by atoms with Crippen molar-refractivity contribution in [3.8, 4) is 5.75 Å². The van der Waals surface area contributed by atoms with Gasteiger partial charge in [-0.15, -0.1) is 0 Å². The molecule has 22 heavy (non-hydrogen) atoms. The van der Waals surface area contributed by atoms with Crippen LogP contribution in [0.15, 0.2) is 18.2 Å². The van der Waals surface area contributed by atoms with E-state index in [1.807, 2.05) is 27.7 Å². The molecule has 0 spiro atoms. The third-order valence-electron chi connectivity index (χ3n) is 3.64. The van der Waals surface area contributed by atoms with Crippen molar-refractivity contribution >= 4 is 5.91 Å². The van der Waals surface area contributed by atoms with Gasteiger partial charge in [0.05, 0.1) is 18.3 Å². The zero-order valence-electron chi connectivity index (χ0n) is 13.9. The number of benzene rings is 1. The van der Waals surface area contributed by atoms with E-state index >= 15 is 0 Å². The highest BCUT2D eigenvalue weighted by atomic mass is 19.1. The molecular weight excluding hydrogens is 285 g/mol. The Bertz CT molecular complexity index is 515. The molecule has 1 aromatic carbocycles. The Balaban J connectivity index is 2.84. The maximum absolute atomic E-state index is 13.8. The fourth-order valence-corrected chi connectivity index (χ4v) is 2.39. The molecule has 0 bridgehead atoms. The number of hydrogen-bond acceptors (Lipinski definition) is 3. The van der Waals surface area contributed by atoms with E-state index in [0.29, 0.717) is 0 Å². The molecule has 0 aliphatic heterocycles. The minimum absolute atomic E-state index is 0.0373. The molecule has 0 aliphatic rings. The Labute approximate surface area is 131 Å². The van der Waals surface area contributed by atoms with Crippen molar-refractivity contribution in [3.05, 3.63) is 29.6 Å². The molecule has 1 amide bonds. The highest BCUT2D eigenvalue weighted by Crippen LogP contribution is 2.26. The standard InChI is InChI=1S/C17H26FNO3/c1-6-22-14-12(8-7-9-13(14)18)16(21)19-10-17(4,5)15(20)11(2)3/h7-9,11,15,20H,6,10H2,1-5H3,(H,19,21). The maximum atomic E-state index is 13.8. The lowest BCUT2D eigenvalue weighted by Gasteiger charge is -2.33. The molecule has 1 aromatic rings. The van der Waals surface area contributed by atoms with Gasteiger partial charge in [-0.25, -0.2) is 4.39 Å². The van der Waals surface area contributed by atoms with Crippen molar-refractivity contribution < 1.29 is 19.0 Å². The second-order valence-electron chi connectivity index (χ2n) is 6.41. The SMILES string of the molecule is CCOc1c(F)cccc1C(=O)NCC(C)(C)C(O)C(C)C. The van der Waals surface area contributed by atoms with Gasteiger partial charge in [-0.05, 0) is 25.0 Å². The van der Waals surface area contributed by atoms with Crippen molar-refractivity contribution in [1.82, 2.24) is 5.32 Å². The van der Waals surface area contributed by atoms with Crippen molar-refractivity contribution in [2.24, 2.45) is 11.3 Å². The number of carbonyl (C=O) groups is 1. The predicted octanol–water partition coefficient (Wildman–Crippen LogP) is 3.00. The minimum Gasteiger partial charge on any atom is -0.490 e. The largest absolute Gasteiger partial charge is 0.490 e. The van der Waals surface area contributed by atoms with Gasteiger partial charge in [-0.2, -0.15) is 0 Å². The van der Waals surface area contributed by atoms with Crippen LogP contribution in [0.1, 0.15) is 45.0 Å². The van der Waals surface area contributed by atoms with E-state index in [1.54, 1.807) is 6.92 Å². The molecule has 0 saturated carbocycles. The fraction of sp³-hybridized carbons (Fsp3) is 0.588. The first kappa shape index (κ1) is 18.4. The van der Waals surface area contributed by atoms with E-state index in [9.17, 15) is 14.3 Å². The monoisotopic (exact) mass is 311 g/mol. The normalized spacial score (nSPS) is 13.1. The molecule has 0 heterocycles. The van der Waals surface area contributed by atoms with Crippen LogP contribution in [-0.2, 0) is 0 Å². The summed E-state index contributed by atoms with van der Waals surface area (Å²) in [5.74, 6) is -0.923. The first-order chi connectivity index (χ1) is 10.2. The Hall–Kier alpha value is -1.62. The summed E-state index contributed by atoms with van der Waals surface area (Å²) in [6.45, 7) is 9.91. The summed E-state index contributed by atoms with van der Waals surface area (Å²) in [5, 5.41) is 12.9. The average Bonchev–Trinajstić information content (AvgIpc) is 2.46. The van der Waals surface area contributed by atoms with Gasteiger partial charge >= 0.3 is 0 Å². The highest BCUT2D eigenvalue weighted by molar-refractivity contribution is 5.97. The van der Waals surface area contributed by atoms with E-state index in [0.717, 1.165) is 0 Å². The van der Waals surface area contributed by atoms with Gasteiger partial charge in [0.1, 0.15) is 0 Å². The van der Waals surface area contributed by atoms with Crippen LogP contribution >= 0.6 is 0 Å². The van der Waals surface area contributed by atoms with Crippen molar-refractivity contribution in [3.63, 3.8) is 0 Å². The molecule has 1 atom stereocenters. The first-order valence-electron chi connectivity index (χ1n) is 7.58. The maximum Gasteiger partial charge on any atom is 0.255 e. The van der Waals surface area contributed by atoms with E-state index in [-0.39, 0.29) is 30.4 Å². The number of rotatable bonds is 7. The third kappa shape index (κ3) is 4.44. The molecular formula is C17H26FNO3. The average molecular weight is 311 g/mol. The third-order valence-corrected chi connectivity index (χ3v) is 3.64. The van der Waals surface area contributed by atoms with Crippen LogP contribution in [0.3, 0.4) is 0 Å². The van der Waals surface area contributed by atoms with Gasteiger partial charge < -0.3 is 15.2 Å². The summed E-state index contributed by atoms with van der Waals surface area (Å²) in [5.41, 5.74) is -0.320. The molecule has 0 radical (unpaired) electrons. The molecule has 124 valence electrons. The van der Waals surface area contributed by atoms with E-state index in [4.69, 9.17) is 4.74 Å². The lowest BCUT2D eigenvalue weighted by atomic mass is 9.80. The van der Waals surface area contributed by atoms with Crippen molar-refractivity contribution in [2.45, 2.75) is 40.7 Å². The second kappa shape index (κ2) is 7.58. The van der Waals surface area contributed by atoms with Crippen molar-refractivity contribution in [2.75, 3.05) is 13.2 Å². The Morgan fingerprint density at radius 3 is 2.59 bits per heavy atom. The van der Waals surface area contributed by atoms with E-state index in [1.165, 1.54) is 18.2 Å². The van der Waals surface area contributed by atoms with Crippen LogP contribution in [0, 0.1) is 17.2 Å². The number of para-hydroxylation sites is 1. The topological polar surface area (TPSA) is 58.6 Å². The molecule has 0 saturated heterocycles. The summed E-state index contributed by atoms with van der Waals surface area (Å²) in [6.07, 6.45) is -0.549. The fourth-order valence-electron chi connectivity index (χ4n) is 2.39. The predicted molar refractivity (Wildman–Crippen MR) is 84.5 cm³/mol. The summed E-state index contributed by atoms with van der Waals surface area (Å²) >= 11 is 0. The Morgan fingerprint density at radius 2 is 2.05 bits per heavy atom. The molecule has 2 N–H and O–H groups in total. The lowest BCUT2D eigenvalue weighted by molar-refractivity contribution is 0.0138. The molecule has 0 fully saturated rings. The summed E-state index contributed by atoms with van der Waals surface area (Å²) in [6, 6.07) is 4.25. The Kier molecular flexibility index (Phi) is 6.35. The summed E-state index contributed by atoms with van der Waals surface area (Å²) in [4.78, 5) is 12.3. The van der Waals surface area contributed by atoms with Crippen LogP contribution in [0.4, 0.5) is 4.39 Å². The number of aliphatic hydroxyl groups is 1. The van der Waals surface area contributed by atoms with Crippen LogP contribution in [0.5, 0.6) is 5.75 Å². The van der Waals surface area contributed by atoms with E-state index in [2.05, 4.69) is 5.32 Å². The van der Waals surface area contributed by atoms with Crippen LogP contribution in [-0.4, -0.2) is 30.3 Å². The van der Waals surface area contributed by atoms with Crippen molar-refractivity contribution in [1.29, 1.82) is 0 Å². The summed E-state index contributed by atoms with van der Waals surface area (Å²) in [7, 11) is 0. The smallest absolute Gasteiger partial charge is 0.255 e. The van der Waals surface area contributed by atoms with Gasteiger partial charge in [0.2, 0.25) is 0 Å². The first-order valence-corrected chi connectivity index (χ1v) is 7.58. The van der Waals surface area contributed by atoms with Gasteiger partial charge in [0.25, 0.3) is 5.91 Å². The van der Waals surface area contributed by atoms with Crippen LogP contribution in [0.2, 0.25) is 0 Å². The van der Waals surface area contributed by atoms with Gasteiger partial charge in [0, 0.05) is 12.0 Å². The number of aliphatic hydroxyl groups excluding tert-OH is 1. The summed E-state index contributed by atoms with van der Waals surface area (Å²) < 4.78 is 19.0. The lowest BCUT2D eigenvalue weighted by Crippen LogP contribution is -2.43. The minimum atomic E-state index is -0.559. The number of amides is 1. The zero-order chi connectivity index (χ0) is 16.9. The number of halogens is 1. The molecule has 1 rings (SSSR count). The second-order valence-corrected chi connectivity index (χ2v) is 6.41. The van der Waals surface area contributed by atoms with E-state index < -0.39 is 23.2 Å². The number of hydrogen-bond donors (Lipinski definition) is 2. The van der Waals surface area contributed by atoms with Gasteiger partial charge in [0.15, 0.2) is 11.6 Å². The van der Waals surface area contributed by atoms with Gasteiger partial charge in [-0.1, -0.05) is 33.8 Å². The van der Waals surface area contributed by atoms with Crippen LogP contribution in [0.25, 0.3) is 0 Å². The van der Waals surface area contributed by atoms with Crippen LogP contribution < -0.4 is 10.1 Å². The molecule has 0 aliphatic carbocycles. The molecule has 5 heteroatoms. The molecule has 4 nitrogen and oxygen atoms in total. The number of carbonyl (C=O) groups excluding carboxylic acids is 1.